The molecule has 31 heavy (non-hydrogen) atoms. The van der Waals surface area contributed by atoms with Gasteiger partial charge in [0.1, 0.15) is 17.4 Å². The standard InChI is InChI=1S/C20H20Cl2FN5O3/c21-11-4-5-12-14(16(11)23)20(31-19(30)25-12)6-1-7-27(9-20)13(29)8-28-18(24)15(22)17(26-28)10-2-3-10/h4-5,10H,1-3,6-9,24H2,(H,25,30)/t20-/m0/s1. The smallest absolute Gasteiger partial charge is 0.412 e. The first kappa shape index (κ1) is 20.4. The van der Waals surface area contributed by atoms with Crippen LogP contribution in [0.2, 0.25) is 10.0 Å². The van der Waals surface area contributed by atoms with Gasteiger partial charge in [0, 0.05) is 12.5 Å². The van der Waals surface area contributed by atoms with Crippen molar-refractivity contribution in [3.8, 4) is 0 Å². The SMILES string of the molecule is Nc1c(Cl)c(C2CC2)nn1CC(=O)N1CCC[C@@]2(C1)OC(=O)Nc1ccc(Cl)c(F)c12. The van der Waals surface area contributed by atoms with E-state index in [4.69, 9.17) is 33.7 Å². The van der Waals surface area contributed by atoms with Gasteiger partial charge in [-0.2, -0.15) is 5.10 Å². The molecule has 0 radical (unpaired) electrons. The Bertz CT molecular complexity index is 1100. The summed E-state index contributed by atoms with van der Waals surface area (Å²) >= 11 is 12.3. The van der Waals surface area contributed by atoms with Crippen LogP contribution in [0.1, 0.15) is 42.9 Å². The van der Waals surface area contributed by atoms with Gasteiger partial charge in [-0.25, -0.2) is 13.9 Å². The van der Waals surface area contributed by atoms with Crippen molar-refractivity contribution in [3.05, 3.63) is 39.3 Å². The van der Waals surface area contributed by atoms with Crippen LogP contribution in [0.4, 0.5) is 20.7 Å². The van der Waals surface area contributed by atoms with E-state index in [0.29, 0.717) is 36.0 Å². The summed E-state index contributed by atoms with van der Waals surface area (Å²) in [6, 6.07) is 2.91. The van der Waals surface area contributed by atoms with E-state index >= 15 is 0 Å². The summed E-state index contributed by atoms with van der Waals surface area (Å²) in [6.45, 7) is 0.340. The molecule has 1 aliphatic carbocycles. The third kappa shape index (κ3) is 3.40. The van der Waals surface area contributed by atoms with Crippen molar-refractivity contribution in [1.82, 2.24) is 14.7 Å². The number of hydrogen-bond donors (Lipinski definition) is 2. The monoisotopic (exact) mass is 467 g/mol. The molecule has 0 unspecified atom stereocenters. The van der Waals surface area contributed by atoms with Crippen LogP contribution in [-0.4, -0.2) is 39.8 Å². The number of anilines is 2. The zero-order chi connectivity index (χ0) is 21.9. The highest BCUT2D eigenvalue weighted by molar-refractivity contribution is 6.33. The van der Waals surface area contributed by atoms with E-state index in [1.807, 2.05) is 0 Å². The number of nitrogen functional groups attached to an aromatic ring is 1. The lowest BCUT2D eigenvalue weighted by Gasteiger charge is -2.45. The number of carbonyl (C=O) groups is 2. The summed E-state index contributed by atoms with van der Waals surface area (Å²) in [7, 11) is 0. The molecule has 2 fully saturated rings. The number of halogens is 3. The minimum atomic E-state index is -1.31. The maximum atomic E-state index is 15.0. The van der Waals surface area contributed by atoms with Gasteiger partial charge in [0.25, 0.3) is 0 Å². The molecule has 2 amide bonds. The number of carbonyl (C=O) groups excluding carboxylic acids is 2. The van der Waals surface area contributed by atoms with Crippen LogP contribution >= 0.6 is 23.2 Å². The first-order chi connectivity index (χ1) is 14.8. The van der Waals surface area contributed by atoms with Gasteiger partial charge in [0.2, 0.25) is 5.91 Å². The molecule has 5 rings (SSSR count). The van der Waals surface area contributed by atoms with Crippen LogP contribution in [0.25, 0.3) is 0 Å². The molecule has 1 aromatic carbocycles. The van der Waals surface area contributed by atoms with E-state index < -0.39 is 17.5 Å². The summed E-state index contributed by atoms with van der Waals surface area (Å²) in [5.74, 6) is -0.389. The van der Waals surface area contributed by atoms with Crippen LogP contribution < -0.4 is 11.1 Å². The van der Waals surface area contributed by atoms with E-state index in [-0.39, 0.29) is 35.4 Å². The minimum absolute atomic E-state index is 0.00784. The molecule has 8 nitrogen and oxygen atoms in total. The largest absolute Gasteiger partial charge is 0.436 e. The molecular formula is C20H20Cl2FN5O3. The lowest BCUT2D eigenvalue weighted by Crippen LogP contribution is -2.54. The Morgan fingerprint density at radius 1 is 1.39 bits per heavy atom. The van der Waals surface area contributed by atoms with Crippen molar-refractivity contribution in [2.45, 2.75) is 43.7 Å². The van der Waals surface area contributed by atoms with Gasteiger partial charge < -0.3 is 15.4 Å². The van der Waals surface area contributed by atoms with Gasteiger partial charge in [0.05, 0.1) is 28.5 Å². The highest BCUT2D eigenvalue weighted by atomic mass is 35.5. The fourth-order valence-corrected chi connectivity index (χ4v) is 4.87. The number of aromatic nitrogens is 2. The number of amides is 2. The van der Waals surface area contributed by atoms with E-state index in [9.17, 15) is 14.0 Å². The quantitative estimate of drug-likeness (QED) is 0.712. The molecule has 1 aromatic heterocycles. The number of likely N-dealkylation sites (tertiary alicyclic amines) is 1. The molecule has 0 bridgehead atoms. The van der Waals surface area contributed by atoms with E-state index in [0.717, 1.165) is 18.5 Å². The Labute approximate surface area is 187 Å². The fraction of sp³-hybridized carbons (Fsp3) is 0.450. The molecule has 3 heterocycles. The third-order valence-corrected chi connectivity index (χ3v) is 6.77. The first-order valence-electron chi connectivity index (χ1n) is 10.1. The summed E-state index contributed by atoms with van der Waals surface area (Å²) in [6.07, 6.45) is 2.21. The number of benzene rings is 1. The van der Waals surface area contributed by atoms with Crippen LogP contribution in [0.15, 0.2) is 12.1 Å². The average molecular weight is 468 g/mol. The van der Waals surface area contributed by atoms with Crippen molar-refractivity contribution in [2.75, 3.05) is 24.1 Å². The third-order valence-electron chi connectivity index (χ3n) is 6.09. The van der Waals surface area contributed by atoms with Gasteiger partial charge in [-0.05, 0) is 37.8 Å². The first-order valence-corrected chi connectivity index (χ1v) is 10.8. The van der Waals surface area contributed by atoms with Gasteiger partial charge in [0.15, 0.2) is 11.4 Å². The molecule has 2 aliphatic heterocycles. The Kier molecular flexibility index (Phi) is 4.78. The van der Waals surface area contributed by atoms with Crippen molar-refractivity contribution in [2.24, 2.45) is 0 Å². The number of nitrogens with one attached hydrogen (secondary N) is 1. The predicted octanol–water partition coefficient (Wildman–Crippen LogP) is 3.87. The Balaban J connectivity index is 1.42. The molecule has 11 heteroatoms. The number of nitrogens with two attached hydrogens (primary N) is 1. The van der Waals surface area contributed by atoms with Crippen LogP contribution in [0.3, 0.4) is 0 Å². The second-order valence-corrected chi connectivity index (χ2v) is 9.01. The van der Waals surface area contributed by atoms with Gasteiger partial charge in [-0.1, -0.05) is 23.2 Å². The molecule has 164 valence electrons. The Hall–Kier alpha value is -2.52. The van der Waals surface area contributed by atoms with E-state index in [2.05, 4.69) is 10.4 Å². The predicted molar refractivity (Wildman–Crippen MR) is 113 cm³/mol. The second kappa shape index (κ2) is 7.27. The number of fused-ring (bicyclic) bond motifs is 2. The van der Waals surface area contributed by atoms with Crippen LogP contribution in [-0.2, 0) is 21.7 Å². The second-order valence-electron chi connectivity index (χ2n) is 8.23. The molecule has 2 aromatic rings. The van der Waals surface area contributed by atoms with Crippen molar-refractivity contribution in [1.29, 1.82) is 0 Å². The Morgan fingerprint density at radius 3 is 2.90 bits per heavy atom. The topological polar surface area (TPSA) is 102 Å². The zero-order valence-corrected chi connectivity index (χ0v) is 18.0. The van der Waals surface area contributed by atoms with Gasteiger partial charge in [-0.3, -0.25) is 10.1 Å². The lowest BCUT2D eigenvalue weighted by molar-refractivity contribution is -0.140. The molecule has 3 aliphatic rings. The van der Waals surface area contributed by atoms with E-state index in [1.54, 1.807) is 0 Å². The zero-order valence-electron chi connectivity index (χ0n) is 16.5. The van der Waals surface area contributed by atoms with E-state index in [1.165, 1.54) is 21.7 Å². The van der Waals surface area contributed by atoms with Crippen molar-refractivity contribution in [3.63, 3.8) is 0 Å². The number of hydrogen-bond acceptors (Lipinski definition) is 5. The molecule has 1 spiro atoms. The normalized spacial score (nSPS) is 22.8. The van der Waals surface area contributed by atoms with Crippen LogP contribution in [0.5, 0.6) is 0 Å². The molecule has 1 saturated heterocycles. The number of nitrogens with zero attached hydrogens (tertiary/aromatic N) is 3. The maximum absolute atomic E-state index is 15.0. The van der Waals surface area contributed by atoms with Crippen molar-refractivity contribution >= 4 is 46.7 Å². The number of rotatable bonds is 3. The number of ether oxygens (including phenoxy) is 1. The van der Waals surface area contributed by atoms with Gasteiger partial charge >= 0.3 is 6.09 Å². The number of piperidine rings is 1. The molecule has 1 atom stereocenters. The summed E-state index contributed by atoms with van der Waals surface area (Å²) < 4.78 is 22.0. The van der Waals surface area contributed by atoms with Gasteiger partial charge in [-0.15, -0.1) is 0 Å². The highest BCUT2D eigenvalue weighted by Gasteiger charge is 2.48. The lowest BCUT2D eigenvalue weighted by atomic mass is 9.83. The minimum Gasteiger partial charge on any atom is -0.436 e. The maximum Gasteiger partial charge on any atom is 0.412 e. The van der Waals surface area contributed by atoms with Crippen molar-refractivity contribution < 1.29 is 18.7 Å². The summed E-state index contributed by atoms with van der Waals surface area (Å²) in [5.41, 5.74) is 5.92. The molecule has 3 N–H and O–H groups in total. The summed E-state index contributed by atoms with van der Waals surface area (Å²) in [4.78, 5) is 26.8. The Morgan fingerprint density at radius 2 is 2.16 bits per heavy atom. The molecular weight excluding hydrogens is 448 g/mol. The fourth-order valence-electron chi connectivity index (χ4n) is 4.42. The molecule has 1 saturated carbocycles. The summed E-state index contributed by atoms with van der Waals surface area (Å²) in [5, 5.41) is 7.25. The average Bonchev–Trinajstić information content (AvgIpc) is 3.53. The highest BCUT2D eigenvalue weighted by Crippen LogP contribution is 2.46. The van der Waals surface area contributed by atoms with Crippen LogP contribution in [0, 0.1) is 5.82 Å².